The lowest BCUT2D eigenvalue weighted by Gasteiger charge is -2.47. The lowest BCUT2D eigenvalue weighted by atomic mass is 9.76. The van der Waals surface area contributed by atoms with Gasteiger partial charge in [-0.2, -0.15) is 0 Å². The molecule has 0 saturated carbocycles. The van der Waals surface area contributed by atoms with Crippen LogP contribution in [0.5, 0.6) is 0 Å². The van der Waals surface area contributed by atoms with Crippen molar-refractivity contribution < 1.29 is 5.11 Å². The quantitative estimate of drug-likeness (QED) is 0.757. The molecular formula is C16H19NO. The Hall–Kier alpha value is -1.30. The fraction of sp³-hybridized carbons (Fsp3) is 0.500. The van der Waals surface area contributed by atoms with Crippen molar-refractivity contribution in [2.75, 3.05) is 19.7 Å². The van der Waals surface area contributed by atoms with Crippen LogP contribution in [0.25, 0.3) is 0 Å². The van der Waals surface area contributed by atoms with Gasteiger partial charge in [0.05, 0.1) is 6.61 Å². The van der Waals surface area contributed by atoms with Crippen molar-refractivity contribution >= 4 is 0 Å². The van der Waals surface area contributed by atoms with Crippen molar-refractivity contribution in [2.45, 2.75) is 18.9 Å². The minimum atomic E-state index is 0.301. The van der Waals surface area contributed by atoms with E-state index >= 15 is 0 Å². The molecule has 0 aliphatic carbocycles. The number of fused-ring (bicyclic) bond motifs is 3. The van der Waals surface area contributed by atoms with E-state index in [1.54, 1.807) is 0 Å². The van der Waals surface area contributed by atoms with Crippen molar-refractivity contribution in [3.63, 3.8) is 0 Å². The second-order valence-corrected chi connectivity index (χ2v) is 5.36. The number of benzene rings is 1. The molecule has 3 saturated heterocycles. The highest BCUT2D eigenvalue weighted by Gasteiger charge is 2.38. The summed E-state index contributed by atoms with van der Waals surface area (Å²) in [5.41, 5.74) is 1.10. The highest BCUT2D eigenvalue weighted by Crippen LogP contribution is 2.35. The first kappa shape index (κ1) is 11.8. The topological polar surface area (TPSA) is 23.5 Å². The van der Waals surface area contributed by atoms with Crippen LogP contribution in [0.15, 0.2) is 30.3 Å². The molecule has 3 fully saturated rings. The Kier molecular flexibility index (Phi) is 3.36. The molecule has 18 heavy (non-hydrogen) atoms. The molecule has 2 heteroatoms. The van der Waals surface area contributed by atoms with E-state index in [1.807, 2.05) is 18.2 Å². The normalized spacial score (nSPS) is 33.8. The highest BCUT2D eigenvalue weighted by atomic mass is 16.3. The van der Waals surface area contributed by atoms with Crippen molar-refractivity contribution in [2.24, 2.45) is 11.8 Å². The highest BCUT2D eigenvalue weighted by molar-refractivity contribution is 5.34. The first-order valence-electron chi connectivity index (χ1n) is 6.78. The van der Waals surface area contributed by atoms with Crippen LogP contribution >= 0.6 is 0 Å². The Bertz CT molecular complexity index is 459. The van der Waals surface area contributed by atoms with Crippen LogP contribution < -0.4 is 0 Å². The lowest BCUT2D eigenvalue weighted by Crippen LogP contribution is -2.54. The summed E-state index contributed by atoms with van der Waals surface area (Å²) in [5.74, 6) is 7.90. The van der Waals surface area contributed by atoms with E-state index < -0.39 is 0 Å². The molecule has 4 atom stereocenters. The summed E-state index contributed by atoms with van der Waals surface area (Å²) in [6, 6.07) is 10.6. The molecule has 3 aliphatic rings. The zero-order valence-electron chi connectivity index (χ0n) is 10.5. The van der Waals surface area contributed by atoms with E-state index in [-0.39, 0.29) is 0 Å². The Morgan fingerprint density at radius 2 is 2.11 bits per heavy atom. The van der Waals surface area contributed by atoms with Gasteiger partial charge in [0.25, 0.3) is 0 Å². The van der Waals surface area contributed by atoms with E-state index in [2.05, 4.69) is 28.9 Å². The Labute approximate surface area is 109 Å². The third-order valence-electron chi connectivity index (χ3n) is 4.27. The number of hydrogen-bond acceptors (Lipinski definition) is 2. The van der Waals surface area contributed by atoms with Gasteiger partial charge in [0.15, 0.2) is 0 Å². The number of nitrogens with zero attached hydrogens (tertiary/aromatic N) is 1. The molecular weight excluding hydrogens is 222 g/mol. The zero-order chi connectivity index (χ0) is 12.4. The molecule has 1 aromatic carbocycles. The lowest BCUT2D eigenvalue weighted by molar-refractivity contribution is -0.00370. The standard InChI is InChI=1S/C16H19NO/c18-12-16-10-14-8-9-17(16)11-15(14)7-6-13-4-2-1-3-5-13/h1-5,14-16,18H,8-12H2/t14-,15-,16+/m0/s1. The summed E-state index contributed by atoms with van der Waals surface area (Å²) in [6.07, 6.45) is 2.36. The number of aliphatic hydroxyl groups excluding tert-OH is 1. The van der Waals surface area contributed by atoms with Crippen molar-refractivity contribution in [1.29, 1.82) is 0 Å². The maximum Gasteiger partial charge on any atom is 0.0586 e. The third-order valence-corrected chi connectivity index (χ3v) is 4.27. The predicted molar refractivity (Wildman–Crippen MR) is 72.0 cm³/mol. The minimum Gasteiger partial charge on any atom is -0.395 e. The monoisotopic (exact) mass is 241 g/mol. The van der Waals surface area contributed by atoms with E-state index in [4.69, 9.17) is 0 Å². The van der Waals surface area contributed by atoms with Crippen LogP contribution in [0, 0.1) is 23.7 Å². The number of aliphatic hydroxyl groups is 1. The number of rotatable bonds is 1. The van der Waals surface area contributed by atoms with Gasteiger partial charge in [0, 0.05) is 24.1 Å². The maximum atomic E-state index is 9.33. The van der Waals surface area contributed by atoms with Crippen LogP contribution in [0.1, 0.15) is 18.4 Å². The van der Waals surface area contributed by atoms with E-state index in [1.165, 1.54) is 6.42 Å². The molecule has 0 spiro atoms. The summed E-state index contributed by atoms with van der Waals surface area (Å²) in [5, 5.41) is 9.33. The van der Waals surface area contributed by atoms with Gasteiger partial charge in [-0.1, -0.05) is 30.0 Å². The zero-order valence-corrected chi connectivity index (χ0v) is 10.5. The van der Waals surface area contributed by atoms with Gasteiger partial charge in [-0.3, -0.25) is 4.90 Å². The summed E-state index contributed by atoms with van der Waals surface area (Å²) >= 11 is 0. The summed E-state index contributed by atoms with van der Waals surface area (Å²) in [6.45, 7) is 2.48. The predicted octanol–water partition coefficient (Wildman–Crippen LogP) is 1.74. The number of hydrogen-bond donors (Lipinski definition) is 1. The van der Waals surface area contributed by atoms with Crippen LogP contribution in [-0.4, -0.2) is 35.7 Å². The summed E-state index contributed by atoms with van der Waals surface area (Å²) < 4.78 is 0. The van der Waals surface area contributed by atoms with Gasteiger partial charge >= 0.3 is 0 Å². The first-order chi connectivity index (χ1) is 8.86. The second-order valence-electron chi connectivity index (χ2n) is 5.36. The average Bonchev–Trinajstić information content (AvgIpc) is 2.46. The molecule has 1 unspecified atom stereocenters. The second kappa shape index (κ2) is 5.14. The van der Waals surface area contributed by atoms with E-state index in [0.29, 0.717) is 24.5 Å². The molecule has 1 N–H and O–H groups in total. The number of piperidine rings is 3. The average molecular weight is 241 g/mol. The van der Waals surface area contributed by atoms with Crippen LogP contribution in [0.3, 0.4) is 0 Å². The SMILES string of the molecule is OC[C@H]1C[C@@H]2CCN1C[C@@H]2C#Cc1ccccc1. The smallest absolute Gasteiger partial charge is 0.0586 e. The summed E-state index contributed by atoms with van der Waals surface area (Å²) in [4.78, 5) is 2.41. The minimum absolute atomic E-state index is 0.301. The fourth-order valence-corrected chi connectivity index (χ4v) is 3.19. The third kappa shape index (κ3) is 2.29. The van der Waals surface area contributed by atoms with Crippen molar-refractivity contribution in [1.82, 2.24) is 4.90 Å². The largest absolute Gasteiger partial charge is 0.395 e. The van der Waals surface area contributed by atoms with Crippen molar-refractivity contribution in [3.05, 3.63) is 35.9 Å². The molecule has 2 nitrogen and oxygen atoms in total. The Morgan fingerprint density at radius 1 is 1.28 bits per heavy atom. The molecule has 0 radical (unpaired) electrons. The van der Waals surface area contributed by atoms with Gasteiger partial charge in [-0.15, -0.1) is 0 Å². The molecule has 4 rings (SSSR count). The van der Waals surface area contributed by atoms with E-state index in [9.17, 15) is 5.11 Å². The molecule has 0 aromatic heterocycles. The van der Waals surface area contributed by atoms with Gasteiger partial charge in [0.1, 0.15) is 0 Å². The maximum absolute atomic E-state index is 9.33. The molecule has 3 heterocycles. The van der Waals surface area contributed by atoms with Gasteiger partial charge < -0.3 is 5.11 Å². The van der Waals surface area contributed by atoms with Crippen LogP contribution in [0.2, 0.25) is 0 Å². The Balaban J connectivity index is 1.71. The van der Waals surface area contributed by atoms with Gasteiger partial charge in [-0.25, -0.2) is 0 Å². The Morgan fingerprint density at radius 3 is 2.78 bits per heavy atom. The molecule has 0 amide bonds. The summed E-state index contributed by atoms with van der Waals surface area (Å²) in [7, 11) is 0. The molecule has 2 bridgehead atoms. The van der Waals surface area contributed by atoms with Gasteiger partial charge in [0.2, 0.25) is 0 Å². The molecule has 94 valence electrons. The fourth-order valence-electron chi connectivity index (χ4n) is 3.19. The van der Waals surface area contributed by atoms with E-state index in [0.717, 1.165) is 25.1 Å². The molecule has 1 aromatic rings. The first-order valence-corrected chi connectivity index (χ1v) is 6.78. The van der Waals surface area contributed by atoms with Crippen LogP contribution in [0.4, 0.5) is 0 Å². The van der Waals surface area contributed by atoms with Gasteiger partial charge in [-0.05, 0) is 37.4 Å². The molecule has 3 aliphatic heterocycles. The van der Waals surface area contributed by atoms with Crippen molar-refractivity contribution in [3.8, 4) is 11.8 Å². The van der Waals surface area contributed by atoms with Crippen LogP contribution in [-0.2, 0) is 0 Å².